The van der Waals surface area contributed by atoms with E-state index in [-0.39, 0.29) is 5.41 Å². The van der Waals surface area contributed by atoms with Crippen molar-refractivity contribution in [3.63, 3.8) is 0 Å². The summed E-state index contributed by atoms with van der Waals surface area (Å²) in [7, 11) is 0. The van der Waals surface area contributed by atoms with Crippen molar-refractivity contribution in [3.8, 4) is 0 Å². The molecule has 0 aliphatic carbocycles. The first-order valence-corrected chi connectivity index (χ1v) is 11.5. The molecule has 0 spiro atoms. The highest BCUT2D eigenvalue weighted by molar-refractivity contribution is 5.03. The van der Waals surface area contributed by atoms with Gasteiger partial charge in [-0.2, -0.15) is 0 Å². The Balaban J connectivity index is 1.96. The van der Waals surface area contributed by atoms with E-state index in [1.165, 1.54) is 96.3 Å². The van der Waals surface area contributed by atoms with Crippen molar-refractivity contribution < 1.29 is 0 Å². The molecule has 1 rings (SSSR count). The third-order valence-corrected chi connectivity index (χ3v) is 6.21. The van der Waals surface area contributed by atoms with E-state index in [1.807, 2.05) is 0 Å². The monoisotopic (exact) mass is 364 g/mol. The van der Waals surface area contributed by atoms with Crippen LogP contribution in [-0.4, -0.2) is 20.6 Å². The predicted octanol–water partition coefficient (Wildman–Crippen LogP) is 7.13. The molecule has 1 aromatic rings. The van der Waals surface area contributed by atoms with E-state index in [4.69, 9.17) is 0 Å². The lowest BCUT2D eigenvalue weighted by molar-refractivity contribution is 0.329. The highest BCUT2D eigenvalue weighted by Crippen LogP contribution is 2.34. The molecule has 0 bridgehead atoms. The minimum absolute atomic E-state index is 0.153. The van der Waals surface area contributed by atoms with Gasteiger partial charge in [-0.25, -0.2) is 5.10 Å². The topological polar surface area (TPSA) is 54.5 Å². The third-order valence-electron chi connectivity index (χ3n) is 6.21. The average Bonchev–Trinajstić information content (AvgIpc) is 3.21. The Labute approximate surface area is 162 Å². The van der Waals surface area contributed by atoms with Gasteiger partial charge in [-0.3, -0.25) is 0 Å². The molecule has 0 atom stereocenters. The van der Waals surface area contributed by atoms with Gasteiger partial charge < -0.3 is 0 Å². The van der Waals surface area contributed by atoms with Gasteiger partial charge in [0.15, 0.2) is 5.82 Å². The zero-order valence-corrected chi connectivity index (χ0v) is 17.9. The number of hydrogen-bond acceptors (Lipinski definition) is 3. The Hall–Kier alpha value is -0.930. The van der Waals surface area contributed by atoms with Crippen LogP contribution in [0.15, 0.2) is 0 Å². The number of H-pyrrole nitrogens is 1. The molecule has 0 radical (unpaired) electrons. The third kappa shape index (κ3) is 9.14. The van der Waals surface area contributed by atoms with Crippen molar-refractivity contribution >= 4 is 0 Å². The van der Waals surface area contributed by atoms with Crippen molar-refractivity contribution in [1.29, 1.82) is 0 Å². The predicted molar refractivity (Wildman–Crippen MR) is 111 cm³/mol. The van der Waals surface area contributed by atoms with E-state index in [1.54, 1.807) is 0 Å². The first-order valence-electron chi connectivity index (χ1n) is 11.5. The van der Waals surface area contributed by atoms with Crippen LogP contribution in [0.25, 0.3) is 0 Å². The van der Waals surface area contributed by atoms with Gasteiger partial charge in [0.1, 0.15) is 0 Å². The molecule has 0 fully saturated rings. The molecule has 26 heavy (non-hydrogen) atoms. The van der Waals surface area contributed by atoms with E-state index in [0.29, 0.717) is 0 Å². The van der Waals surface area contributed by atoms with Crippen molar-refractivity contribution in [2.75, 3.05) is 0 Å². The lowest BCUT2D eigenvalue weighted by atomic mass is 9.77. The van der Waals surface area contributed by atoms with E-state index in [9.17, 15) is 0 Å². The molecule has 0 aromatic carbocycles. The maximum atomic E-state index is 4.20. The molecule has 4 nitrogen and oxygen atoms in total. The molecular formula is C22H44N4. The summed E-state index contributed by atoms with van der Waals surface area (Å²) in [6.07, 6.45) is 23.2. The molecule has 0 saturated carbocycles. The number of aromatic amines is 1. The van der Waals surface area contributed by atoms with Gasteiger partial charge in [0.2, 0.25) is 0 Å². The van der Waals surface area contributed by atoms with Crippen LogP contribution in [0.2, 0.25) is 0 Å². The summed E-state index contributed by atoms with van der Waals surface area (Å²) in [5, 5.41) is 14.8. The first kappa shape index (κ1) is 23.1. The van der Waals surface area contributed by atoms with Gasteiger partial charge in [-0.15, -0.1) is 5.10 Å². The summed E-state index contributed by atoms with van der Waals surface area (Å²) in [5.41, 5.74) is 0.153. The zero-order chi connectivity index (χ0) is 18.9. The summed E-state index contributed by atoms with van der Waals surface area (Å²) in [4.78, 5) is 0. The molecule has 1 heterocycles. The SMILES string of the molecule is CCCCCCCCCCCCCCCCC(CC)(CC)c1nnn[nH]1. The van der Waals surface area contributed by atoms with Gasteiger partial charge in [0.05, 0.1) is 0 Å². The second-order valence-electron chi connectivity index (χ2n) is 8.08. The van der Waals surface area contributed by atoms with Crippen molar-refractivity contribution in [2.45, 2.75) is 135 Å². The number of hydrogen-bond donors (Lipinski definition) is 1. The first-order chi connectivity index (χ1) is 12.8. The minimum atomic E-state index is 0.153. The van der Waals surface area contributed by atoms with Crippen LogP contribution in [0.4, 0.5) is 0 Å². The lowest BCUT2D eigenvalue weighted by Crippen LogP contribution is -2.26. The van der Waals surface area contributed by atoms with Crippen LogP contribution in [-0.2, 0) is 5.41 Å². The highest BCUT2D eigenvalue weighted by Gasteiger charge is 2.31. The number of nitrogens with one attached hydrogen (secondary N) is 1. The molecule has 0 aliphatic heterocycles. The van der Waals surface area contributed by atoms with Crippen molar-refractivity contribution in [1.82, 2.24) is 20.6 Å². The van der Waals surface area contributed by atoms with E-state index < -0.39 is 0 Å². The van der Waals surface area contributed by atoms with Crippen LogP contribution in [0.1, 0.15) is 136 Å². The lowest BCUT2D eigenvalue weighted by Gasteiger charge is -2.28. The molecule has 0 amide bonds. The Morgan fingerprint density at radius 2 is 1.12 bits per heavy atom. The van der Waals surface area contributed by atoms with Crippen molar-refractivity contribution in [3.05, 3.63) is 5.82 Å². The molecular weight excluding hydrogens is 320 g/mol. The molecule has 152 valence electrons. The van der Waals surface area contributed by atoms with E-state index in [0.717, 1.165) is 18.7 Å². The zero-order valence-electron chi connectivity index (χ0n) is 17.9. The Bertz CT molecular complexity index is 398. The van der Waals surface area contributed by atoms with Crippen LogP contribution < -0.4 is 0 Å². The van der Waals surface area contributed by atoms with Gasteiger partial charge >= 0.3 is 0 Å². The van der Waals surface area contributed by atoms with Gasteiger partial charge in [-0.1, -0.05) is 111 Å². The van der Waals surface area contributed by atoms with Gasteiger partial charge in [0, 0.05) is 5.41 Å². The summed E-state index contributed by atoms with van der Waals surface area (Å²) in [6.45, 7) is 6.81. The van der Waals surface area contributed by atoms with E-state index in [2.05, 4.69) is 41.4 Å². The van der Waals surface area contributed by atoms with Crippen molar-refractivity contribution in [2.24, 2.45) is 0 Å². The number of tetrazole rings is 1. The highest BCUT2D eigenvalue weighted by atomic mass is 15.5. The fourth-order valence-electron chi connectivity index (χ4n) is 4.10. The average molecular weight is 365 g/mol. The molecule has 0 saturated heterocycles. The molecule has 1 N–H and O–H groups in total. The number of nitrogens with zero attached hydrogens (tertiary/aromatic N) is 3. The smallest absolute Gasteiger partial charge is 0.154 e. The van der Waals surface area contributed by atoms with Gasteiger partial charge in [-0.05, 0) is 29.7 Å². The summed E-state index contributed by atoms with van der Waals surface area (Å²) in [6, 6.07) is 0. The Morgan fingerprint density at radius 1 is 0.654 bits per heavy atom. The van der Waals surface area contributed by atoms with Crippen LogP contribution in [0, 0.1) is 0 Å². The largest absolute Gasteiger partial charge is 0.242 e. The quantitative estimate of drug-likeness (QED) is 0.282. The van der Waals surface area contributed by atoms with Crippen LogP contribution in [0.3, 0.4) is 0 Å². The summed E-state index contributed by atoms with van der Waals surface area (Å²) >= 11 is 0. The molecule has 1 aromatic heterocycles. The number of aromatic nitrogens is 4. The van der Waals surface area contributed by atoms with Crippen LogP contribution >= 0.6 is 0 Å². The molecule has 0 aliphatic rings. The fraction of sp³-hybridized carbons (Fsp3) is 0.955. The second kappa shape index (κ2) is 15.2. The maximum absolute atomic E-state index is 4.20. The second-order valence-corrected chi connectivity index (χ2v) is 8.08. The molecule has 0 unspecified atom stereocenters. The van der Waals surface area contributed by atoms with E-state index >= 15 is 0 Å². The maximum Gasteiger partial charge on any atom is 0.154 e. The normalized spacial score (nSPS) is 12.0. The summed E-state index contributed by atoms with van der Waals surface area (Å²) < 4.78 is 0. The fourth-order valence-corrected chi connectivity index (χ4v) is 4.10. The Morgan fingerprint density at radius 3 is 1.50 bits per heavy atom. The molecule has 4 heteroatoms. The number of unbranched alkanes of at least 4 members (excludes halogenated alkanes) is 13. The van der Waals surface area contributed by atoms with Crippen LogP contribution in [0.5, 0.6) is 0 Å². The standard InChI is InChI=1S/C22H44N4/c1-4-7-8-9-10-11-12-13-14-15-16-17-18-19-20-22(5-2,6-3)21-23-25-26-24-21/h4-20H2,1-3H3,(H,23,24,25,26). The number of rotatable bonds is 18. The summed E-state index contributed by atoms with van der Waals surface area (Å²) in [5.74, 6) is 0.984. The Kier molecular flexibility index (Phi) is 13.5. The minimum Gasteiger partial charge on any atom is -0.242 e. The van der Waals surface area contributed by atoms with Gasteiger partial charge in [0.25, 0.3) is 0 Å².